The van der Waals surface area contributed by atoms with E-state index in [9.17, 15) is 10.1 Å². The summed E-state index contributed by atoms with van der Waals surface area (Å²) < 4.78 is 0. The van der Waals surface area contributed by atoms with Crippen LogP contribution in [-0.2, 0) is 0 Å². The number of carbonyl (C=O) groups is 1. The summed E-state index contributed by atoms with van der Waals surface area (Å²) in [5.41, 5.74) is 3.42. The quantitative estimate of drug-likeness (QED) is 0.369. The highest BCUT2D eigenvalue weighted by Crippen LogP contribution is 2.29. The molecule has 1 heterocycles. The molecule has 0 aliphatic carbocycles. The van der Waals surface area contributed by atoms with Crippen molar-refractivity contribution >= 4 is 35.1 Å². The topological polar surface area (TPSA) is 69.5 Å². The number of H-pyrrole nitrogens is 1. The molecule has 0 atom stereocenters. The van der Waals surface area contributed by atoms with Gasteiger partial charge < -0.3 is 0 Å². The van der Waals surface area contributed by atoms with Crippen LogP contribution < -0.4 is 0 Å². The first-order valence-corrected chi connectivity index (χ1v) is 8.47. The molecule has 0 aliphatic rings. The molecule has 0 saturated heterocycles. The molecule has 3 rings (SSSR count). The highest BCUT2D eigenvalue weighted by Gasteiger charge is 2.19. The van der Waals surface area contributed by atoms with Gasteiger partial charge in [-0.05, 0) is 25.1 Å². The number of halogens is 2. The molecule has 0 unspecified atom stereocenters. The zero-order valence-electron chi connectivity index (χ0n) is 13.8. The van der Waals surface area contributed by atoms with E-state index in [0.29, 0.717) is 5.56 Å². The molecule has 0 radical (unpaired) electrons. The zero-order valence-corrected chi connectivity index (χ0v) is 15.3. The van der Waals surface area contributed by atoms with Gasteiger partial charge in [-0.1, -0.05) is 59.1 Å². The minimum absolute atomic E-state index is 0.0743. The van der Waals surface area contributed by atoms with Crippen LogP contribution in [0.1, 0.15) is 21.5 Å². The molecule has 3 aromatic rings. The Labute approximate surface area is 160 Å². The number of carbonyl (C=O) groups excluding carboxylic acids is 1. The number of aromatic amines is 1. The number of allylic oxidation sites excluding steroid dienone is 1. The highest BCUT2D eigenvalue weighted by atomic mass is 35.5. The number of aryl methyl sites for hydroxylation is 1. The van der Waals surface area contributed by atoms with E-state index >= 15 is 0 Å². The van der Waals surface area contributed by atoms with E-state index < -0.39 is 5.78 Å². The summed E-state index contributed by atoms with van der Waals surface area (Å²) in [6, 6.07) is 14.5. The third-order valence-electron chi connectivity index (χ3n) is 3.86. The van der Waals surface area contributed by atoms with Crippen molar-refractivity contribution in [2.75, 3.05) is 0 Å². The summed E-state index contributed by atoms with van der Waals surface area (Å²) in [6.07, 6.45) is 3.05. The summed E-state index contributed by atoms with van der Waals surface area (Å²) >= 11 is 12.2. The lowest BCUT2D eigenvalue weighted by molar-refractivity contribution is 0.104. The van der Waals surface area contributed by atoms with Crippen LogP contribution in [-0.4, -0.2) is 16.0 Å². The monoisotopic (exact) mass is 381 g/mol. The maximum Gasteiger partial charge on any atom is 0.206 e. The first-order valence-electron chi connectivity index (χ1n) is 7.72. The Kier molecular flexibility index (Phi) is 5.22. The number of nitrogens with zero attached hydrogens (tertiary/aromatic N) is 2. The molecule has 6 heteroatoms. The average Bonchev–Trinajstić information content (AvgIpc) is 3.08. The molecule has 0 bridgehead atoms. The van der Waals surface area contributed by atoms with Gasteiger partial charge in [0.2, 0.25) is 5.78 Å². The molecule has 4 nitrogen and oxygen atoms in total. The van der Waals surface area contributed by atoms with Gasteiger partial charge in [0.05, 0.1) is 27.5 Å². The smallest absolute Gasteiger partial charge is 0.206 e. The second kappa shape index (κ2) is 7.57. The fourth-order valence-corrected chi connectivity index (χ4v) is 3.08. The van der Waals surface area contributed by atoms with Crippen molar-refractivity contribution in [1.82, 2.24) is 10.2 Å². The van der Waals surface area contributed by atoms with Crippen molar-refractivity contribution in [3.63, 3.8) is 0 Å². The number of hydrogen-bond acceptors (Lipinski definition) is 3. The molecule has 128 valence electrons. The highest BCUT2D eigenvalue weighted by molar-refractivity contribution is 6.41. The van der Waals surface area contributed by atoms with Gasteiger partial charge in [0, 0.05) is 11.1 Å². The molecule has 26 heavy (non-hydrogen) atoms. The van der Waals surface area contributed by atoms with Gasteiger partial charge in [-0.15, -0.1) is 0 Å². The molecule has 0 amide bonds. The molecule has 1 N–H and O–H groups in total. The molecule has 2 aromatic carbocycles. The number of benzene rings is 2. The van der Waals surface area contributed by atoms with Crippen LogP contribution in [0.15, 0.2) is 54.2 Å². The summed E-state index contributed by atoms with van der Waals surface area (Å²) in [7, 11) is 0. The largest absolute Gasteiger partial charge is 0.288 e. The second-order valence-corrected chi connectivity index (χ2v) is 6.48. The Morgan fingerprint density at radius 2 is 1.81 bits per heavy atom. The predicted octanol–water partition coefficient (Wildman–Crippen LogP) is 5.48. The zero-order chi connectivity index (χ0) is 18.7. The molecular weight excluding hydrogens is 369 g/mol. The number of Topliss-reactive ketones (excluding diaryl/α,β-unsaturated/α-hetero) is 1. The molecule has 0 spiro atoms. The summed E-state index contributed by atoms with van der Waals surface area (Å²) in [6.45, 7) is 2.00. The number of nitriles is 1. The first-order chi connectivity index (χ1) is 12.5. The molecule has 1 aromatic heterocycles. The predicted molar refractivity (Wildman–Crippen MR) is 103 cm³/mol. The number of rotatable bonds is 4. The van der Waals surface area contributed by atoms with Gasteiger partial charge >= 0.3 is 0 Å². The van der Waals surface area contributed by atoms with E-state index in [4.69, 9.17) is 23.2 Å². The fourth-order valence-electron chi connectivity index (χ4n) is 2.51. The lowest BCUT2D eigenvalue weighted by atomic mass is 10.00. The lowest BCUT2D eigenvalue weighted by Crippen LogP contribution is -2.04. The van der Waals surface area contributed by atoms with Crippen molar-refractivity contribution in [2.45, 2.75) is 6.92 Å². The van der Waals surface area contributed by atoms with Crippen LogP contribution in [0.3, 0.4) is 0 Å². The average molecular weight is 382 g/mol. The van der Waals surface area contributed by atoms with Crippen LogP contribution >= 0.6 is 23.2 Å². The van der Waals surface area contributed by atoms with Crippen molar-refractivity contribution < 1.29 is 4.79 Å². The lowest BCUT2D eigenvalue weighted by Gasteiger charge is -2.05. The van der Waals surface area contributed by atoms with E-state index in [1.165, 1.54) is 6.08 Å². The Morgan fingerprint density at radius 1 is 1.15 bits per heavy atom. The Balaban J connectivity index is 2.04. The van der Waals surface area contributed by atoms with E-state index in [1.807, 2.05) is 37.3 Å². The van der Waals surface area contributed by atoms with Crippen LogP contribution in [0, 0.1) is 18.3 Å². The normalized spacial score (nSPS) is 11.2. The summed E-state index contributed by atoms with van der Waals surface area (Å²) in [5.74, 6) is -0.529. The first kappa shape index (κ1) is 17.9. The second-order valence-electron chi connectivity index (χ2n) is 5.66. The van der Waals surface area contributed by atoms with E-state index in [0.717, 1.165) is 16.8 Å². The maximum absolute atomic E-state index is 12.7. The Bertz CT molecular complexity index is 1020. The van der Waals surface area contributed by atoms with Gasteiger partial charge in [-0.25, -0.2) is 0 Å². The summed E-state index contributed by atoms with van der Waals surface area (Å²) in [4.78, 5) is 12.7. The fraction of sp³-hybridized carbons (Fsp3) is 0.0500. The van der Waals surface area contributed by atoms with Gasteiger partial charge in [-0.3, -0.25) is 9.89 Å². The van der Waals surface area contributed by atoms with Crippen molar-refractivity contribution in [2.24, 2.45) is 0 Å². The Morgan fingerprint density at radius 3 is 2.42 bits per heavy atom. The van der Waals surface area contributed by atoms with Gasteiger partial charge in [0.25, 0.3) is 0 Å². The molecule has 0 aliphatic heterocycles. The van der Waals surface area contributed by atoms with Crippen LogP contribution in [0.25, 0.3) is 17.3 Å². The van der Waals surface area contributed by atoms with Gasteiger partial charge in [0.1, 0.15) is 11.6 Å². The number of ketones is 1. The van der Waals surface area contributed by atoms with Crippen LogP contribution in [0.5, 0.6) is 0 Å². The number of hydrogen-bond donors (Lipinski definition) is 1. The van der Waals surface area contributed by atoms with E-state index in [-0.39, 0.29) is 21.2 Å². The minimum atomic E-state index is -0.529. The third-order valence-corrected chi connectivity index (χ3v) is 4.49. The number of aromatic nitrogens is 2. The molecular formula is C20H13Cl2N3O. The summed E-state index contributed by atoms with van der Waals surface area (Å²) in [5, 5.41) is 16.8. The van der Waals surface area contributed by atoms with E-state index in [1.54, 1.807) is 24.4 Å². The minimum Gasteiger partial charge on any atom is -0.288 e. The third kappa shape index (κ3) is 3.55. The van der Waals surface area contributed by atoms with Crippen LogP contribution in [0.4, 0.5) is 0 Å². The standard InChI is InChI=1S/C20H13Cl2N3O/c1-12-5-7-13(8-6-12)19-15(11-24-25-19)9-14(10-23)20(26)18-16(21)3-2-4-17(18)22/h2-9,11H,1H3,(H,24,25)/b14-9+. The van der Waals surface area contributed by atoms with Crippen molar-refractivity contribution in [3.05, 3.63) is 81.0 Å². The van der Waals surface area contributed by atoms with Crippen LogP contribution in [0.2, 0.25) is 10.0 Å². The molecule has 0 saturated carbocycles. The van der Waals surface area contributed by atoms with Gasteiger partial charge in [-0.2, -0.15) is 10.4 Å². The van der Waals surface area contributed by atoms with Gasteiger partial charge in [0.15, 0.2) is 0 Å². The molecule has 0 fully saturated rings. The Hall–Kier alpha value is -2.87. The van der Waals surface area contributed by atoms with Crippen molar-refractivity contribution in [3.8, 4) is 17.3 Å². The maximum atomic E-state index is 12.7. The van der Waals surface area contributed by atoms with E-state index in [2.05, 4.69) is 10.2 Å². The SMILES string of the molecule is Cc1ccc(-c2[nH]ncc2/C=C(\C#N)C(=O)c2c(Cl)cccc2Cl)cc1. The number of nitrogens with one attached hydrogen (secondary N) is 1. The van der Waals surface area contributed by atoms with Crippen molar-refractivity contribution in [1.29, 1.82) is 5.26 Å².